The minimum atomic E-state index is -1.36. The Bertz CT molecular complexity index is 1770. The molecule has 5 aromatic rings. The second-order valence-corrected chi connectivity index (χ2v) is 9.08. The number of aromatic nitrogens is 4. The number of nitrogen functional groups attached to an aromatic ring is 1. The molecule has 38 heavy (non-hydrogen) atoms. The highest BCUT2D eigenvalue weighted by atomic mass is 19.2. The van der Waals surface area contributed by atoms with Crippen molar-refractivity contribution in [3.63, 3.8) is 0 Å². The van der Waals surface area contributed by atoms with Gasteiger partial charge >= 0.3 is 0 Å². The fourth-order valence-corrected chi connectivity index (χ4v) is 4.86. The predicted molar refractivity (Wildman–Crippen MR) is 131 cm³/mol. The van der Waals surface area contributed by atoms with Crippen LogP contribution in [0, 0.1) is 23.3 Å². The molecule has 2 aromatic carbocycles. The number of fused-ring (bicyclic) bond motifs is 2. The third-order valence-corrected chi connectivity index (χ3v) is 6.83. The van der Waals surface area contributed by atoms with Crippen LogP contribution in [0.15, 0.2) is 60.8 Å². The number of halogens is 4. The van der Waals surface area contributed by atoms with Crippen LogP contribution in [0.2, 0.25) is 0 Å². The summed E-state index contributed by atoms with van der Waals surface area (Å²) in [5.74, 6) is -4.29. The lowest BCUT2D eigenvalue weighted by Crippen LogP contribution is -2.32. The third kappa shape index (κ3) is 3.42. The summed E-state index contributed by atoms with van der Waals surface area (Å²) >= 11 is 0. The van der Waals surface area contributed by atoms with Gasteiger partial charge in [-0.25, -0.2) is 32.5 Å². The monoisotopic (exact) mass is 518 g/mol. The third-order valence-electron chi connectivity index (χ3n) is 6.83. The van der Waals surface area contributed by atoms with Gasteiger partial charge in [0.05, 0.1) is 11.1 Å². The first-order chi connectivity index (χ1) is 18.2. The molecule has 0 fully saturated rings. The lowest BCUT2D eigenvalue weighted by Gasteiger charge is -2.23. The van der Waals surface area contributed by atoms with Gasteiger partial charge in [0.15, 0.2) is 17.5 Å². The second-order valence-electron chi connectivity index (χ2n) is 9.08. The summed E-state index contributed by atoms with van der Waals surface area (Å²) in [5, 5.41) is 2.76. The first-order valence-corrected chi connectivity index (χ1v) is 11.5. The Kier molecular flexibility index (Phi) is 5.20. The van der Waals surface area contributed by atoms with Gasteiger partial charge in [-0.1, -0.05) is 30.3 Å². The van der Waals surface area contributed by atoms with Gasteiger partial charge in [-0.3, -0.25) is 9.20 Å². The van der Waals surface area contributed by atoms with Crippen molar-refractivity contribution in [1.29, 1.82) is 0 Å². The Morgan fingerprint density at radius 1 is 0.947 bits per heavy atom. The molecule has 0 saturated heterocycles. The highest BCUT2D eigenvalue weighted by molar-refractivity contribution is 6.09. The highest BCUT2D eigenvalue weighted by Gasteiger charge is 2.47. The van der Waals surface area contributed by atoms with E-state index in [1.54, 1.807) is 31.2 Å². The molecule has 4 heterocycles. The van der Waals surface area contributed by atoms with Crippen LogP contribution in [0.1, 0.15) is 29.4 Å². The maximum absolute atomic E-state index is 14.4. The van der Waals surface area contributed by atoms with Crippen LogP contribution in [0.25, 0.3) is 17.0 Å². The van der Waals surface area contributed by atoms with Gasteiger partial charge in [-0.2, -0.15) is 0 Å². The van der Waals surface area contributed by atoms with Crippen molar-refractivity contribution >= 4 is 23.1 Å². The van der Waals surface area contributed by atoms with Crippen LogP contribution in [-0.4, -0.2) is 25.3 Å². The number of nitrogens with one attached hydrogen (secondary N) is 1. The maximum Gasteiger partial charge on any atom is 0.240 e. The van der Waals surface area contributed by atoms with Crippen LogP contribution in [-0.2, 0) is 16.6 Å². The number of pyridine rings is 1. The van der Waals surface area contributed by atoms with Gasteiger partial charge in [-0.05, 0) is 36.8 Å². The van der Waals surface area contributed by atoms with E-state index in [0.717, 1.165) is 12.3 Å². The Labute approximate surface area is 213 Å². The number of imidazole rings is 1. The number of rotatable bonds is 4. The van der Waals surface area contributed by atoms with E-state index in [-0.39, 0.29) is 34.9 Å². The highest BCUT2D eigenvalue weighted by Crippen LogP contribution is 2.45. The molecule has 3 N–H and O–H groups in total. The summed E-state index contributed by atoms with van der Waals surface area (Å²) in [5.41, 5.74) is 6.20. The van der Waals surface area contributed by atoms with Crippen molar-refractivity contribution in [2.24, 2.45) is 0 Å². The molecule has 0 radical (unpaired) electrons. The van der Waals surface area contributed by atoms with Crippen LogP contribution < -0.4 is 11.1 Å². The van der Waals surface area contributed by atoms with Gasteiger partial charge < -0.3 is 11.1 Å². The molecule has 11 heteroatoms. The molecule has 1 unspecified atom stereocenters. The first-order valence-electron chi connectivity index (χ1n) is 11.5. The number of anilines is 2. The molecule has 1 aliphatic heterocycles. The van der Waals surface area contributed by atoms with Crippen molar-refractivity contribution < 1.29 is 22.4 Å². The molecule has 1 amide bonds. The molecule has 6 rings (SSSR count). The van der Waals surface area contributed by atoms with Crippen molar-refractivity contribution in [1.82, 2.24) is 19.4 Å². The number of nitrogens with two attached hydrogens (primary N) is 1. The molecular formula is C27H18F4N6O. The van der Waals surface area contributed by atoms with Crippen LogP contribution in [0.4, 0.5) is 29.2 Å². The Hall–Kier alpha value is -4.80. The molecule has 190 valence electrons. The zero-order valence-corrected chi connectivity index (χ0v) is 19.8. The number of nitrogens with zero attached hydrogens (tertiary/aromatic N) is 4. The van der Waals surface area contributed by atoms with E-state index in [0.29, 0.717) is 22.7 Å². The lowest BCUT2D eigenvalue weighted by atomic mass is 9.78. The molecular weight excluding hydrogens is 500 g/mol. The van der Waals surface area contributed by atoms with E-state index in [2.05, 4.69) is 20.3 Å². The van der Waals surface area contributed by atoms with Crippen molar-refractivity contribution in [3.05, 3.63) is 107 Å². The number of benzene rings is 2. The number of amides is 1. The van der Waals surface area contributed by atoms with Crippen LogP contribution in [0.5, 0.6) is 0 Å². The largest absolute Gasteiger partial charge is 0.383 e. The second kappa shape index (κ2) is 8.37. The fraction of sp³-hybridized carbons (Fsp3) is 0.111. The summed E-state index contributed by atoms with van der Waals surface area (Å²) in [6.07, 6.45) is 0.602. The van der Waals surface area contributed by atoms with E-state index in [4.69, 9.17) is 5.73 Å². The summed E-state index contributed by atoms with van der Waals surface area (Å²) in [6, 6.07) is 13.1. The number of hydrogen-bond acceptors (Lipinski definition) is 5. The molecule has 0 saturated carbocycles. The van der Waals surface area contributed by atoms with E-state index in [9.17, 15) is 22.4 Å². The lowest BCUT2D eigenvalue weighted by molar-refractivity contribution is -0.119. The number of hydrogen-bond donors (Lipinski definition) is 2. The molecule has 7 nitrogen and oxygen atoms in total. The summed E-state index contributed by atoms with van der Waals surface area (Å²) in [7, 11) is 0. The SMILES string of the molecule is CC1(c2ccccc2)C(=O)Nc2nc(-c3nc(Cc4c(F)ccc(F)c4F)n4cc(F)ccc34)nc(N)c21. The predicted octanol–water partition coefficient (Wildman–Crippen LogP) is 4.78. The average Bonchev–Trinajstić information content (AvgIpc) is 3.39. The van der Waals surface area contributed by atoms with Gasteiger partial charge in [0.1, 0.15) is 40.2 Å². The van der Waals surface area contributed by atoms with Crippen LogP contribution >= 0.6 is 0 Å². The van der Waals surface area contributed by atoms with Gasteiger partial charge in [0, 0.05) is 18.2 Å². The molecule has 1 atom stereocenters. The van der Waals surface area contributed by atoms with Gasteiger partial charge in [0.25, 0.3) is 0 Å². The molecule has 0 bridgehead atoms. The standard InChI is InChI=1S/C27H18F4N6O/c1-27(13-5-3-2-4-6-13)20-23(32)34-25(35-24(20)36-26(27)38)22-18-10-7-14(28)12-37(18)19(33-22)11-15-16(29)8-9-17(30)21(15)31/h2-10,12H,11H2,1H3,(H3,32,34,35,36,38). The topological polar surface area (TPSA) is 98.2 Å². The normalized spacial score (nSPS) is 16.6. The summed E-state index contributed by atoms with van der Waals surface area (Å²) < 4.78 is 58.0. The first kappa shape index (κ1) is 23.6. The minimum Gasteiger partial charge on any atom is -0.383 e. The van der Waals surface area contributed by atoms with Crippen molar-refractivity contribution in [2.45, 2.75) is 18.8 Å². The summed E-state index contributed by atoms with van der Waals surface area (Å²) in [4.78, 5) is 26.4. The zero-order valence-electron chi connectivity index (χ0n) is 19.8. The quantitative estimate of drug-likeness (QED) is 0.264. The molecule has 1 aliphatic rings. The van der Waals surface area contributed by atoms with Crippen molar-refractivity contribution in [2.75, 3.05) is 11.1 Å². The zero-order chi connectivity index (χ0) is 26.8. The Balaban J connectivity index is 1.51. The van der Waals surface area contributed by atoms with Gasteiger partial charge in [0.2, 0.25) is 5.91 Å². The smallest absolute Gasteiger partial charge is 0.240 e. The van der Waals surface area contributed by atoms with E-state index >= 15 is 0 Å². The number of carbonyl (C=O) groups is 1. The van der Waals surface area contributed by atoms with Crippen LogP contribution in [0.3, 0.4) is 0 Å². The van der Waals surface area contributed by atoms with E-state index in [1.165, 1.54) is 16.5 Å². The molecule has 3 aromatic heterocycles. The summed E-state index contributed by atoms with van der Waals surface area (Å²) in [6.45, 7) is 1.72. The van der Waals surface area contributed by atoms with Crippen molar-refractivity contribution in [3.8, 4) is 11.5 Å². The fourth-order valence-electron chi connectivity index (χ4n) is 4.86. The van der Waals surface area contributed by atoms with E-state index in [1.807, 2.05) is 6.07 Å². The molecule has 0 aliphatic carbocycles. The van der Waals surface area contributed by atoms with Gasteiger partial charge in [-0.15, -0.1) is 0 Å². The minimum absolute atomic E-state index is 0.00871. The van der Waals surface area contributed by atoms with E-state index < -0.39 is 40.7 Å². The Morgan fingerprint density at radius 3 is 2.45 bits per heavy atom. The number of carbonyl (C=O) groups excluding carboxylic acids is 1. The molecule has 0 spiro atoms. The maximum atomic E-state index is 14.4. The average molecular weight is 518 g/mol. The Morgan fingerprint density at radius 2 is 1.68 bits per heavy atom.